The van der Waals surface area contributed by atoms with Crippen LogP contribution in [0.2, 0.25) is 0 Å². The third-order valence-corrected chi connectivity index (χ3v) is 12.6. The minimum Gasteiger partial charge on any atom is -0.507 e. The monoisotopic (exact) mass is 745 g/mol. The molecule has 294 valence electrons. The molecular formula is C48H73O4P. The topological polar surface area (TPSA) is 47.9 Å². The minimum atomic E-state index is -1.77. The van der Waals surface area contributed by atoms with Crippen LogP contribution in [0.25, 0.3) is 0 Å². The van der Waals surface area contributed by atoms with Crippen LogP contribution in [0.1, 0.15) is 194 Å². The molecule has 0 radical (unpaired) electrons. The Labute approximate surface area is 325 Å². The molecule has 1 heterocycles. The molecule has 1 aliphatic rings. The van der Waals surface area contributed by atoms with Crippen LogP contribution in [0.3, 0.4) is 0 Å². The molecule has 4 rings (SSSR count). The van der Waals surface area contributed by atoms with E-state index in [2.05, 4.69) is 161 Å². The van der Waals surface area contributed by atoms with Crippen molar-refractivity contribution < 1.29 is 18.7 Å². The SMILES string of the molecule is CCC(C)(C)c1cc2c(c(C(C)(C)C)c1)OP(OCCCc1cc(C(C)(C)C)c(O)c(C(C)(C)C)c1)Oc1c(cc(C(C)(C)CC)cc1C(C)(C)C)C2. The number of fused-ring (bicyclic) bond motifs is 2. The van der Waals surface area contributed by atoms with Crippen LogP contribution in [-0.4, -0.2) is 11.7 Å². The van der Waals surface area contributed by atoms with Gasteiger partial charge in [-0.1, -0.05) is 161 Å². The maximum atomic E-state index is 11.3. The highest BCUT2D eigenvalue weighted by Crippen LogP contribution is 2.53. The first-order valence-electron chi connectivity index (χ1n) is 20.1. The number of phenols is 1. The molecule has 1 aliphatic heterocycles. The molecule has 53 heavy (non-hydrogen) atoms. The molecule has 0 aliphatic carbocycles. The molecule has 1 N–H and O–H groups in total. The highest BCUT2D eigenvalue weighted by atomic mass is 31.2. The van der Waals surface area contributed by atoms with E-state index in [-0.39, 0.29) is 32.5 Å². The Bertz CT molecular complexity index is 1650. The smallest absolute Gasteiger partial charge is 0.463 e. The van der Waals surface area contributed by atoms with Gasteiger partial charge in [-0.15, -0.1) is 0 Å². The van der Waals surface area contributed by atoms with E-state index in [0.717, 1.165) is 54.7 Å². The summed E-state index contributed by atoms with van der Waals surface area (Å²) in [6.45, 7) is 41.1. The van der Waals surface area contributed by atoms with Crippen molar-refractivity contribution in [1.29, 1.82) is 0 Å². The van der Waals surface area contributed by atoms with E-state index in [4.69, 9.17) is 13.6 Å². The minimum absolute atomic E-state index is 0.0223. The van der Waals surface area contributed by atoms with Gasteiger partial charge in [-0.2, -0.15) is 0 Å². The molecule has 0 bridgehead atoms. The summed E-state index contributed by atoms with van der Waals surface area (Å²) in [6, 6.07) is 13.9. The Hall–Kier alpha value is -2.55. The summed E-state index contributed by atoms with van der Waals surface area (Å²) in [7, 11) is -1.77. The van der Waals surface area contributed by atoms with Crippen molar-refractivity contribution in [3.05, 3.63) is 86.5 Å². The molecule has 0 atom stereocenters. The Morgan fingerprint density at radius 2 is 0.943 bits per heavy atom. The van der Waals surface area contributed by atoms with Gasteiger partial charge in [0.2, 0.25) is 0 Å². The van der Waals surface area contributed by atoms with Gasteiger partial charge in [0.15, 0.2) is 0 Å². The molecule has 4 nitrogen and oxygen atoms in total. The number of benzene rings is 3. The van der Waals surface area contributed by atoms with Crippen LogP contribution < -0.4 is 9.05 Å². The average molecular weight is 745 g/mol. The third kappa shape index (κ3) is 9.83. The van der Waals surface area contributed by atoms with Crippen molar-refractivity contribution in [2.75, 3.05) is 6.61 Å². The Morgan fingerprint density at radius 3 is 1.28 bits per heavy atom. The summed E-state index contributed by atoms with van der Waals surface area (Å²) in [5, 5.41) is 11.3. The summed E-state index contributed by atoms with van der Waals surface area (Å²) in [5.41, 5.74) is 10.1. The van der Waals surface area contributed by atoms with Crippen LogP contribution in [0.15, 0.2) is 36.4 Å². The predicted molar refractivity (Wildman–Crippen MR) is 228 cm³/mol. The summed E-state index contributed by atoms with van der Waals surface area (Å²) >= 11 is 0. The van der Waals surface area contributed by atoms with E-state index in [0.29, 0.717) is 12.4 Å². The van der Waals surface area contributed by atoms with Crippen LogP contribution in [0, 0.1) is 0 Å². The lowest BCUT2D eigenvalue weighted by Crippen LogP contribution is -2.23. The lowest BCUT2D eigenvalue weighted by atomic mass is 9.75. The van der Waals surface area contributed by atoms with E-state index in [1.807, 2.05) is 0 Å². The first-order chi connectivity index (χ1) is 24.1. The quantitative estimate of drug-likeness (QED) is 0.175. The fourth-order valence-corrected chi connectivity index (χ4v) is 8.13. The maximum absolute atomic E-state index is 11.3. The summed E-state index contributed by atoms with van der Waals surface area (Å²) in [6.07, 6.45) is 4.45. The highest BCUT2D eigenvalue weighted by molar-refractivity contribution is 7.42. The Balaban J connectivity index is 1.83. The molecule has 0 amide bonds. The highest BCUT2D eigenvalue weighted by Gasteiger charge is 2.36. The second-order valence-electron chi connectivity index (χ2n) is 21.1. The van der Waals surface area contributed by atoms with Crippen molar-refractivity contribution >= 4 is 8.60 Å². The molecular weight excluding hydrogens is 671 g/mol. The van der Waals surface area contributed by atoms with Crippen molar-refractivity contribution in [3.8, 4) is 17.2 Å². The van der Waals surface area contributed by atoms with Gasteiger partial charge in [-0.25, -0.2) is 0 Å². The first-order valence-corrected chi connectivity index (χ1v) is 21.2. The van der Waals surface area contributed by atoms with Gasteiger partial charge in [-0.05, 0) is 97.1 Å². The standard InChI is InChI=1S/C48H73O4P/c1-19-47(15,16)34-27-32-26-33-28-35(48(17,18)20-2)30-39(46(12,13)14)42(33)52-53(51-41(32)38(29-34)45(9,10)11)50-23-21-22-31-24-36(43(3,4)5)40(49)37(25-31)44(6,7)8/h24-25,27-30,49H,19-23,26H2,1-18H3. The number of phenolic OH excluding ortho intramolecular Hbond substituents is 1. The second-order valence-corrected chi connectivity index (χ2v) is 22.1. The Morgan fingerprint density at radius 1 is 0.566 bits per heavy atom. The van der Waals surface area contributed by atoms with Crippen LogP contribution in [0.4, 0.5) is 0 Å². The number of hydrogen-bond donors (Lipinski definition) is 1. The van der Waals surface area contributed by atoms with Gasteiger partial charge >= 0.3 is 8.60 Å². The fourth-order valence-electron chi connectivity index (χ4n) is 6.98. The lowest BCUT2D eigenvalue weighted by Gasteiger charge is -2.35. The molecule has 0 aromatic heterocycles. The van der Waals surface area contributed by atoms with Gasteiger partial charge in [0.25, 0.3) is 0 Å². The normalized spacial score (nSPS) is 14.9. The molecule has 5 heteroatoms. The van der Waals surface area contributed by atoms with E-state index in [1.165, 1.54) is 38.9 Å². The number of aromatic hydroxyl groups is 1. The number of hydrogen-bond acceptors (Lipinski definition) is 4. The fraction of sp³-hybridized carbons (Fsp3) is 0.625. The van der Waals surface area contributed by atoms with E-state index >= 15 is 0 Å². The van der Waals surface area contributed by atoms with Crippen LogP contribution in [0.5, 0.6) is 17.2 Å². The van der Waals surface area contributed by atoms with E-state index in [9.17, 15) is 5.11 Å². The number of aryl methyl sites for hydroxylation is 1. The summed E-state index contributed by atoms with van der Waals surface area (Å²) in [4.78, 5) is 0. The average Bonchev–Trinajstić information content (AvgIpc) is 3.01. The van der Waals surface area contributed by atoms with E-state index in [1.54, 1.807) is 0 Å². The number of rotatable bonds is 9. The summed E-state index contributed by atoms with van der Waals surface area (Å²) in [5.74, 6) is 2.23. The molecule has 0 unspecified atom stereocenters. The first kappa shape index (κ1) is 43.2. The zero-order valence-corrected chi connectivity index (χ0v) is 37.7. The maximum Gasteiger partial charge on any atom is 0.463 e. The Kier molecular flexibility index (Phi) is 12.4. The van der Waals surface area contributed by atoms with Crippen LogP contribution >= 0.6 is 8.60 Å². The molecule has 0 fully saturated rings. The van der Waals surface area contributed by atoms with Gasteiger partial charge in [0.1, 0.15) is 17.2 Å². The predicted octanol–water partition coefficient (Wildman–Crippen LogP) is 14.2. The van der Waals surface area contributed by atoms with Gasteiger partial charge < -0.3 is 14.2 Å². The van der Waals surface area contributed by atoms with Crippen molar-refractivity contribution in [3.63, 3.8) is 0 Å². The second kappa shape index (κ2) is 15.2. The molecule has 0 saturated carbocycles. The van der Waals surface area contributed by atoms with Gasteiger partial charge in [-0.3, -0.25) is 4.52 Å². The largest absolute Gasteiger partial charge is 0.507 e. The summed E-state index contributed by atoms with van der Waals surface area (Å²) < 4.78 is 20.8. The zero-order valence-electron chi connectivity index (χ0n) is 36.8. The zero-order chi connectivity index (χ0) is 40.1. The van der Waals surface area contributed by atoms with E-state index < -0.39 is 8.60 Å². The van der Waals surface area contributed by atoms with Crippen molar-refractivity contribution in [1.82, 2.24) is 0 Å². The molecule has 0 spiro atoms. The lowest BCUT2D eigenvalue weighted by molar-refractivity contribution is 0.257. The molecule has 3 aromatic carbocycles. The van der Waals surface area contributed by atoms with Gasteiger partial charge in [0, 0.05) is 17.5 Å². The molecule has 0 saturated heterocycles. The third-order valence-electron chi connectivity index (χ3n) is 11.6. The van der Waals surface area contributed by atoms with Crippen molar-refractivity contribution in [2.24, 2.45) is 0 Å². The van der Waals surface area contributed by atoms with Gasteiger partial charge in [0.05, 0.1) is 6.61 Å². The molecule has 3 aromatic rings. The van der Waals surface area contributed by atoms with Crippen LogP contribution in [-0.2, 0) is 49.9 Å². The van der Waals surface area contributed by atoms with Crippen molar-refractivity contribution in [2.45, 2.75) is 189 Å².